The van der Waals surface area contributed by atoms with Crippen molar-refractivity contribution in [1.82, 2.24) is 5.32 Å². The van der Waals surface area contributed by atoms with Crippen LogP contribution in [0.3, 0.4) is 0 Å². The lowest BCUT2D eigenvalue weighted by Gasteiger charge is -2.31. The lowest BCUT2D eigenvalue weighted by atomic mass is 10.4. The summed E-state index contributed by atoms with van der Waals surface area (Å²) in [6.45, 7) is 1.38. The fraction of sp³-hybridized carbons (Fsp3) is 0.600. The Morgan fingerprint density at radius 1 is 0.792 bits per heavy atom. The normalized spacial score (nSPS) is 11.4. The lowest BCUT2D eigenvalue weighted by Crippen LogP contribution is -2.59. The zero-order chi connectivity index (χ0) is 19.1. The van der Waals surface area contributed by atoms with E-state index in [2.05, 4.69) is 14.2 Å². The molecule has 0 bridgehead atoms. The van der Waals surface area contributed by atoms with E-state index in [1.54, 1.807) is 0 Å². The monoisotopic (exact) mass is 465 g/mol. The van der Waals surface area contributed by atoms with Crippen LogP contribution in [0.1, 0.15) is 13.3 Å². The second kappa shape index (κ2) is 10.6. The summed E-state index contributed by atoms with van der Waals surface area (Å²) in [5.41, 5.74) is 0. The molecular formula is C10H9Cl6NO7. The molecule has 0 heterocycles. The summed E-state index contributed by atoms with van der Waals surface area (Å²) in [6.07, 6.45) is -3.32. The standard InChI is InChI=1S/C10H9Cl6NO7/c1-2-3(18)17-10(22-7(19)4(11)12,23-8(20)5(13)14)24-9(21)6(15)16/h4-6H,2H2,1H3,(H,17,18). The first-order valence-electron chi connectivity index (χ1n) is 5.78. The SMILES string of the molecule is CCC(=O)NC(OC(=O)C(Cl)Cl)(OC(=O)C(Cl)Cl)OC(=O)C(Cl)Cl. The molecule has 0 aliphatic carbocycles. The maximum atomic E-state index is 11.6. The Hall–Kier alpha value is -0.380. The highest BCUT2D eigenvalue weighted by molar-refractivity contribution is 6.54. The van der Waals surface area contributed by atoms with Crippen molar-refractivity contribution in [3.05, 3.63) is 0 Å². The minimum absolute atomic E-state index is 0.198. The molecule has 1 amide bonds. The number of esters is 3. The van der Waals surface area contributed by atoms with Gasteiger partial charge in [0.1, 0.15) is 0 Å². The van der Waals surface area contributed by atoms with Gasteiger partial charge in [-0.15, -0.1) is 0 Å². The summed E-state index contributed by atoms with van der Waals surface area (Å²) in [4.78, 5) is 41.0. The smallest absolute Gasteiger partial charge is 0.367 e. The van der Waals surface area contributed by atoms with Crippen LogP contribution >= 0.6 is 69.6 Å². The molecule has 0 aliphatic heterocycles. The predicted molar refractivity (Wildman–Crippen MR) is 85.9 cm³/mol. The molecule has 0 atom stereocenters. The second-order valence-corrected chi connectivity index (χ2v) is 6.91. The Bertz CT molecular complexity index is 443. The van der Waals surface area contributed by atoms with Crippen molar-refractivity contribution in [3.8, 4) is 0 Å². The minimum Gasteiger partial charge on any atom is -0.367 e. The van der Waals surface area contributed by atoms with Gasteiger partial charge in [-0.25, -0.2) is 19.7 Å². The topological polar surface area (TPSA) is 108 Å². The number of alkyl halides is 6. The van der Waals surface area contributed by atoms with E-state index in [-0.39, 0.29) is 6.42 Å². The number of carbonyl (C=O) groups is 4. The van der Waals surface area contributed by atoms with Gasteiger partial charge in [-0.05, 0) is 0 Å². The molecule has 0 spiro atoms. The summed E-state index contributed by atoms with van der Waals surface area (Å²) in [5.74, 6) is -5.23. The van der Waals surface area contributed by atoms with Crippen molar-refractivity contribution >= 4 is 93.4 Å². The Labute approximate surface area is 165 Å². The van der Waals surface area contributed by atoms with Crippen molar-refractivity contribution in [3.63, 3.8) is 0 Å². The summed E-state index contributed by atoms with van der Waals surface area (Å²) < 4.78 is 13.7. The molecule has 0 fully saturated rings. The molecule has 0 saturated heterocycles. The van der Waals surface area contributed by atoms with Gasteiger partial charge in [-0.3, -0.25) is 4.79 Å². The number of hydrogen-bond acceptors (Lipinski definition) is 7. The lowest BCUT2D eigenvalue weighted by molar-refractivity contribution is -0.339. The Kier molecular flexibility index (Phi) is 10.4. The van der Waals surface area contributed by atoms with E-state index in [1.165, 1.54) is 6.92 Å². The Morgan fingerprint density at radius 2 is 1.08 bits per heavy atom. The Morgan fingerprint density at radius 3 is 1.29 bits per heavy atom. The van der Waals surface area contributed by atoms with E-state index in [9.17, 15) is 19.2 Å². The number of carbonyl (C=O) groups excluding carboxylic acids is 4. The number of amides is 1. The molecule has 0 aromatic carbocycles. The molecule has 14 heteroatoms. The highest BCUT2D eigenvalue weighted by atomic mass is 35.5. The summed E-state index contributed by atoms with van der Waals surface area (Å²) in [6, 6.07) is 0. The molecule has 0 aromatic heterocycles. The van der Waals surface area contributed by atoms with Gasteiger partial charge < -0.3 is 14.2 Å². The fourth-order valence-electron chi connectivity index (χ4n) is 0.929. The van der Waals surface area contributed by atoms with Gasteiger partial charge >= 0.3 is 24.0 Å². The van der Waals surface area contributed by atoms with Crippen LogP contribution in [0.25, 0.3) is 0 Å². The van der Waals surface area contributed by atoms with Crippen LogP contribution in [-0.4, -0.2) is 44.4 Å². The molecule has 0 rings (SSSR count). The van der Waals surface area contributed by atoms with Gasteiger partial charge in [-0.2, -0.15) is 0 Å². The first-order valence-corrected chi connectivity index (χ1v) is 8.40. The molecule has 8 nitrogen and oxygen atoms in total. The van der Waals surface area contributed by atoms with E-state index in [4.69, 9.17) is 69.6 Å². The fourth-order valence-corrected chi connectivity index (χ4v) is 1.20. The van der Waals surface area contributed by atoms with Gasteiger partial charge in [0.15, 0.2) is 0 Å². The quantitative estimate of drug-likeness (QED) is 0.331. The molecule has 0 aliphatic rings. The summed E-state index contributed by atoms with van der Waals surface area (Å²) in [5, 5.41) is 1.82. The first-order chi connectivity index (χ1) is 10.9. The molecule has 138 valence electrons. The largest absolute Gasteiger partial charge is 0.526 e. The molecule has 0 unspecified atom stereocenters. The molecule has 0 radical (unpaired) electrons. The van der Waals surface area contributed by atoms with Crippen molar-refractivity contribution in [2.45, 2.75) is 34.0 Å². The van der Waals surface area contributed by atoms with Crippen molar-refractivity contribution in [1.29, 1.82) is 0 Å². The third-order valence-electron chi connectivity index (χ3n) is 1.85. The predicted octanol–water partition coefficient (Wildman–Crippen LogP) is 2.16. The number of rotatable bonds is 8. The van der Waals surface area contributed by atoms with E-state index in [0.29, 0.717) is 0 Å². The third-order valence-corrected chi connectivity index (χ3v) is 2.92. The van der Waals surface area contributed by atoms with Gasteiger partial charge in [0.25, 0.3) is 0 Å². The van der Waals surface area contributed by atoms with Gasteiger partial charge in [-0.1, -0.05) is 76.5 Å². The summed E-state index contributed by atoms with van der Waals surface area (Å²) in [7, 11) is 0. The maximum absolute atomic E-state index is 11.6. The number of nitrogens with one attached hydrogen (secondary N) is 1. The van der Waals surface area contributed by atoms with Crippen LogP contribution in [0.4, 0.5) is 0 Å². The van der Waals surface area contributed by atoms with Crippen molar-refractivity contribution in [2.75, 3.05) is 0 Å². The highest BCUT2D eigenvalue weighted by Crippen LogP contribution is 2.22. The number of ether oxygens (including phenoxy) is 3. The van der Waals surface area contributed by atoms with Crippen molar-refractivity contribution < 1.29 is 33.4 Å². The molecule has 0 saturated carbocycles. The van der Waals surface area contributed by atoms with Crippen LogP contribution in [0.5, 0.6) is 0 Å². The molecule has 0 aromatic rings. The summed E-state index contributed by atoms with van der Waals surface area (Å²) >= 11 is 31.8. The van der Waals surface area contributed by atoms with Crippen LogP contribution in [-0.2, 0) is 33.4 Å². The molecule has 1 N–H and O–H groups in total. The van der Waals surface area contributed by atoms with Gasteiger partial charge in [0.2, 0.25) is 20.4 Å². The first kappa shape index (κ1) is 23.6. The van der Waals surface area contributed by atoms with Crippen LogP contribution < -0.4 is 5.32 Å². The van der Waals surface area contributed by atoms with E-state index in [1.807, 2.05) is 5.32 Å². The van der Waals surface area contributed by atoms with Crippen LogP contribution in [0.2, 0.25) is 0 Å². The minimum atomic E-state index is -3.12. The Balaban J connectivity index is 5.77. The highest BCUT2D eigenvalue weighted by Gasteiger charge is 2.48. The average Bonchev–Trinajstić information content (AvgIpc) is 2.46. The second-order valence-electron chi connectivity index (χ2n) is 3.62. The molecule has 24 heavy (non-hydrogen) atoms. The zero-order valence-corrected chi connectivity index (χ0v) is 16.1. The average molecular weight is 468 g/mol. The number of hydrogen-bond donors (Lipinski definition) is 1. The third kappa shape index (κ3) is 8.13. The van der Waals surface area contributed by atoms with Gasteiger partial charge in [0.05, 0.1) is 0 Å². The van der Waals surface area contributed by atoms with E-state index >= 15 is 0 Å². The van der Waals surface area contributed by atoms with Crippen LogP contribution in [0.15, 0.2) is 0 Å². The van der Waals surface area contributed by atoms with Crippen LogP contribution in [0, 0.1) is 0 Å². The van der Waals surface area contributed by atoms with Crippen molar-refractivity contribution in [2.24, 2.45) is 0 Å². The van der Waals surface area contributed by atoms with E-state index in [0.717, 1.165) is 0 Å². The van der Waals surface area contributed by atoms with E-state index < -0.39 is 44.4 Å². The number of halogens is 6. The zero-order valence-electron chi connectivity index (χ0n) is 11.6. The van der Waals surface area contributed by atoms with Gasteiger partial charge in [0, 0.05) is 6.42 Å². The molecular weight excluding hydrogens is 459 g/mol. The maximum Gasteiger partial charge on any atom is 0.526 e.